The average Bonchev–Trinajstić information content (AvgIpc) is 3.02. The molecule has 0 N–H and O–H groups in total. The molecule has 4 saturated carbocycles. The van der Waals surface area contributed by atoms with E-state index in [2.05, 4.69) is 0 Å². The highest BCUT2D eigenvalue weighted by molar-refractivity contribution is 7.81. The first-order valence-electron chi connectivity index (χ1n) is 7.55. The second kappa shape index (κ2) is 3.11. The monoisotopic (exact) mass is 264 g/mol. The summed E-state index contributed by atoms with van der Waals surface area (Å²) in [5.41, 5.74) is 0.565. The van der Waals surface area contributed by atoms with Crippen LogP contribution in [-0.4, -0.2) is 17.3 Å². The molecule has 98 valence electrons. The minimum absolute atomic E-state index is 0.0716. The molecule has 0 aromatic carbocycles. The summed E-state index contributed by atoms with van der Waals surface area (Å²) < 4.78 is 5.57. The van der Waals surface area contributed by atoms with E-state index in [0.29, 0.717) is 35.0 Å². The molecular formula is C15H20O2S. The number of rotatable bonds is 0. The van der Waals surface area contributed by atoms with Gasteiger partial charge in [0.1, 0.15) is 6.10 Å². The van der Waals surface area contributed by atoms with Crippen molar-refractivity contribution in [2.75, 3.05) is 0 Å². The zero-order valence-corrected chi connectivity index (χ0v) is 11.4. The lowest BCUT2D eigenvalue weighted by atomic mass is 9.59. The van der Waals surface area contributed by atoms with Gasteiger partial charge in [-0.05, 0) is 61.2 Å². The van der Waals surface area contributed by atoms with Crippen LogP contribution in [0.5, 0.6) is 0 Å². The minimum Gasteiger partial charge on any atom is -0.462 e. The summed E-state index contributed by atoms with van der Waals surface area (Å²) >= 11 is 4.86. The van der Waals surface area contributed by atoms with Crippen LogP contribution in [-0.2, 0) is 9.53 Å². The fourth-order valence-electron chi connectivity index (χ4n) is 6.80. The molecule has 18 heavy (non-hydrogen) atoms. The highest BCUT2D eigenvalue weighted by atomic mass is 32.1. The molecule has 1 heterocycles. The van der Waals surface area contributed by atoms with Crippen molar-refractivity contribution in [1.82, 2.24) is 0 Å². The van der Waals surface area contributed by atoms with Gasteiger partial charge in [0.15, 0.2) is 0 Å². The molecule has 8 atom stereocenters. The standard InChI is InChI=1S/C15H20O2S/c16-13-4-9-10-3-8(14(9)17-13)6-15(10)5-7-1-11(15)12(18)2-7/h7-12,14,18H,1-6H2. The summed E-state index contributed by atoms with van der Waals surface area (Å²) in [6.45, 7) is 0. The van der Waals surface area contributed by atoms with Crippen molar-refractivity contribution in [1.29, 1.82) is 0 Å². The van der Waals surface area contributed by atoms with Gasteiger partial charge in [-0.3, -0.25) is 4.79 Å². The van der Waals surface area contributed by atoms with Crippen LogP contribution in [0.15, 0.2) is 0 Å². The maximum atomic E-state index is 11.6. The zero-order chi connectivity index (χ0) is 12.1. The molecule has 1 spiro atoms. The van der Waals surface area contributed by atoms with E-state index in [1.54, 1.807) is 0 Å². The number of fused-ring (bicyclic) bond motifs is 9. The number of thiol groups is 1. The second-order valence-electron chi connectivity index (χ2n) is 7.58. The summed E-state index contributed by atoms with van der Waals surface area (Å²) in [6.07, 6.45) is 7.89. The van der Waals surface area contributed by atoms with Gasteiger partial charge in [0.2, 0.25) is 0 Å². The van der Waals surface area contributed by atoms with Gasteiger partial charge < -0.3 is 4.74 Å². The summed E-state index contributed by atoms with van der Waals surface area (Å²) in [5.74, 6) is 3.89. The zero-order valence-electron chi connectivity index (χ0n) is 10.5. The first kappa shape index (κ1) is 10.6. The van der Waals surface area contributed by atoms with Gasteiger partial charge in [-0.2, -0.15) is 12.6 Å². The fraction of sp³-hybridized carbons (Fsp3) is 0.933. The summed E-state index contributed by atoms with van der Waals surface area (Å²) in [5, 5.41) is 0.638. The predicted molar refractivity (Wildman–Crippen MR) is 70.2 cm³/mol. The molecule has 5 fully saturated rings. The third kappa shape index (κ3) is 1.04. The molecule has 1 saturated heterocycles. The van der Waals surface area contributed by atoms with E-state index in [1.165, 1.54) is 32.1 Å². The van der Waals surface area contributed by atoms with Crippen molar-refractivity contribution in [2.45, 2.75) is 49.9 Å². The molecule has 3 heteroatoms. The highest BCUT2D eigenvalue weighted by Crippen LogP contribution is 2.73. The second-order valence-corrected chi connectivity index (χ2v) is 8.24. The first-order valence-corrected chi connectivity index (χ1v) is 8.06. The largest absolute Gasteiger partial charge is 0.462 e. The van der Waals surface area contributed by atoms with Gasteiger partial charge >= 0.3 is 5.97 Å². The van der Waals surface area contributed by atoms with Crippen LogP contribution in [0.1, 0.15) is 38.5 Å². The summed E-state index contributed by atoms with van der Waals surface area (Å²) in [4.78, 5) is 11.6. The third-order valence-electron chi connectivity index (χ3n) is 7.04. The van der Waals surface area contributed by atoms with Gasteiger partial charge in [0.05, 0.1) is 6.42 Å². The van der Waals surface area contributed by atoms with E-state index in [-0.39, 0.29) is 5.97 Å². The Bertz CT molecular complexity index is 436. The molecular weight excluding hydrogens is 244 g/mol. The molecule has 8 unspecified atom stereocenters. The van der Waals surface area contributed by atoms with E-state index in [9.17, 15) is 4.79 Å². The Morgan fingerprint density at radius 2 is 2.06 bits per heavy atom. The van der Waals surface area contributed by atoms with Gasteiger partial charge in [-0.1, -0.05) is 0 Å². The van der Waals surface area contributed by atoms with Crippen molar-refractivity contribution in [3.05, 3.63) is 0 Å². The van der Waals surface area contributed by atoms with Crippen molar-refractivity contribution in [2.24, 2.45) is 35.0 Å². The molecule has 0 radical (unpaired) electrons. The fourth-order valence-corrected chi connectivity index (χ4v) is 7.52. The molecule has 4 bridgehead atoms. The Kier molecular flexibility index (Phi) is 1.83. The number of hydrogen-bond acceptors (Lipinski definition) is 3. The Morgan fingerprint density at radius 3 is 2.83 bits per heavy atom. The molecule has 1 aliphatic heterocycles. The topological polar surface area (TPSA) is 26.3 Å². The normalized spacial score (nSPS) is 63.8. The molecule has 0 amide bonds. The van der Waals surface area contributed by atoms with E-state index in [0.717, 1.165) is 17.8 Å². The van der Waals surface area contributed by atoms with Crippen LogP contribution >= 0.6 is 12.6 Å². The van der Waals surface area contributed by atoms with Crippen LogP contribution in [0.4, 0.5) is 0 Å². The predicted octanol–water partition coefficient (Wildman–Crippen LogP) is 2.67. The Morgan fingerprint density at radius 1 is 1.17 bits per heavy atom. The molecule has 5 rings (SSSR count). The number of hydrogen-bond donors (Lipinski definition) is 1. The quantitative estimate of drug-likeness (QED) is 0.538. The molecule has 0 aromatic rings. The van der Waals surface area contributed by atoms with Gasteiger partial charge in [-0.15, -0.1) is 0 Å². The van der Waals surface area contributed by atoms with Gasteiger partial charge in [0, 0.05) is 11.2 Å². The Hall–Kier alpha value is -0.180. The van der Waals surface area contributed by atoms with Crippen LogP contribution in [0.3, 0.4) is 0 Å². The van der Waals surface area contributed by atoms with Gasteiger partial charge in [0.25, 0.3) is 0 Å². The maximum absolute atomic E-state index is 11.6. The average molecular weight is 264 g/mol. The van der Waals surface area contributed by atoms with Crippen molar-refractivity contribution < 1.29 is 9.53 Å². The number of carbonyl (C=O) groups is 1. The van der Waals surface area contributed by atoms with E-state index < -0.39 is 0 Å². The first-order chi connectivity index (χ1) is 8.67. The summed E-state index contributed by atoms with van der Waals surface area (Å²) in [7, 11) is 0. The Balaban J connectivity index is 1.53. The number of carbonyl (C=O) groups excluding carboxylic acids is 1. The summed E-state index contributed by atoms with van der Waals surface area (Å²) in [6, 6.07) is 0. The highest BCUT2D eigenvalue weighted by Gasteiger charge is 2.69. The molecule has 0 aromatic heterocycles. The van der Waals surface area contributed by atoms with Crippen molar-refractivity contribution in [3.63, 3.8) is 0 Å². The van der Waals surface area contributed by atoms with Crippen molar-refractivity contribution in [3.8, 4) is 0 Å². The maximum Gasteiger partial charge on any atom is 0.306 e. The van der Waals surface area contributed by atoms with Crippen LogP contribution in [0, 0.1) is 35.0 Å². The number of esters is 1. The lowest BCUT2D eigenvalue weighted by molar-refractivity contribution is -0.143. The lowest BCUT2D eigenvalue weighted by Gasteiger charge is -2.46. The SMILES string of the molecule is O=C1CC2C(O1)C1CC2C2(CC3CC(S)C2C3)C1. The van der Waals surface area contributed by atoms with Crippen LogP contribution in [0.25, 0.3) is 0 Å². The Labute approximate surface area is 113 Å². The molecule has 4 aliphatic carbocycles. The van der Waals surface area contributed by atoms with Gasteiger partial charge in [-0.25, -0.2) is 0 Å². The number of ether oxygens (including phenoxy) is 1. The van der Waals surface area contributed by atoms with E-state index >= 15 is 0 Å². The van der Waals surface area contributed by atoms with E-state index in [4.69, 9.17) is 17.4 Å². The molecule has 5 aliphatic rings. The minimum atomic E-state index is 0.0716. The van der Waals surface area contributed by atoms with E-state index in [1.807, 2.05) is 0 Å². The van der Waals surface area contributed by atoms with Crippen LogP contribution < -0.4 is 0 Å². The van der Waals surface area contributed by atoms with Crippen molar-refractivity contribution >= 4 is 18.6 Å². The lowest BCUT2D eigenvalue weighted by Crippen LogP contribution is -2.44. The van der Waals surface area contributed by atoms with Crippen LogP contribution in [0.2, 0.25) is 0 Å². The smallest absolute Gasteiger partial charge is 0.306 e. The molecule has 2 nitrogen and oxygen atoms in total. The third-order valence-corrected chi connectivity index (χ3v) is 7.62.